The summed E-state index contributed by atoms with van der Waals surface area (Å²) in [7, 11) is 3.33. The topological polar surface area (TPSA) is 71.1 Å². The van der Waals surface area contributed by atoms with E-state index in [2.05, 4.69) is 5.32 Å². The Morgan fingerprint density at radius 3 is 2.85 bits per heavy atom. The van der Waals surface area contributed by atoms with Crippen molar-refractivity contribution in [1.29, 1.82) is 0 Å². The van der Waals surface area contributed by atoms with Gasteiger partial charge in [-0.3, -0.25) is 4.79 Å². The molecule has 3 amide bonds. The highest BCUT2D eigenvalue weighted by atomic mass is 16.5. The predicted octanol–water partition coefficient (Wildman–Crippen LogP) is 3.03. The van der Waals surface area contributed by atoms with Crippen LogP contribution in [0.4, 0.5) is 16.2 Å². The summed E-state index contributed by atoms with van der Waals surface area (Å²) in [6, 6.07) is 12.9. The zero-order valence-corrected chi connectivity index (χ0v) is 15.3. The van der Waals surface area contributed by atoms with E-state index in [1.54, 1.807) is 37.3 Å². The van der Waals surface area contributed by atoms with Crippen molar-refractivity contribution in [1.82, 2.24) is 4.90 Å². The van der Waals surface area contributed by atoms with Gasteiger partial charge in [0, 0.05) is 19.3 Å². The van der Waals surface area contributed by atoms with Crippen LogP contribution in [-0.2, 0) is 4.79 Å². The van der Waals surface area contributed by atoms with Crippen LogP contribution >= 0.6 is 0 Å². The quantitative estimate of drug-likeness (QED) is 0.905. The van der Waals surface area contributed by atoms with Gasteiger partial charge in [0.1, 0.15) is 11.5 Å². The van der Waals surface area contributed by atoms with Gasteiger partial charge in [-0.2, -0.15) is 0 Å². The molecule has 7 heteroatoms. The van der Waals surface area contributed by atoms with Crippen LogP contribution < -0.4 is 19.7 Å². The molecule has 4 rings (SSSR count). The molecule has 2 aromatic carbocycles. The zero-order valence-electron chi connectivity index (χ0n) is 15.3. The second kappa shape index (κ2) is 6.83. The Kier molecular flexibility index (Phi) is 4.35. The van der Waals surface area contributed by atoms with Crippen LogP contribution in [0.1, 0.15) is 18.0 Å². The maximum Gasteiger partial charge on any atom is 0.322 e. The van der Waals surface area contributed by atoms with E-state index >= 15 is 0 Å². The molecule has 0 aromatic heterocycles. The largest absolute Gasteiger partial charge is 0.497 e. The van der Waals surface area contributed by atoms with Gasteiger partial charge in [0.25, 0.3) is 5.91 Å². The van der Waals surface area contributed by atoms with Crippen LogP contribution in [0.2, 0.25) is 0 Å². The molecule has 1 N–H and O–H groups in total. The van der Waals surface area contributed by atoms with E-state index < -0.39 is 0 Å². The lowest BCUT2D eigenvalue weighted by Crippen LogP contribution is -2.47. The van der Waals surface area contributed by atoms with E-state index in [1.165, 1.54) is 4.90 Å². The number of likely N-dealkylation sites (N-methyl/N-ethyl adjacent to an activating group) is 1. The number of nitrogens with one attached hydrogen (secondary N) is 1. The lowest BCUT2D eigenvalue weighted by molar-refractivity contribution is -0.120. The number of fused-ring (bicyclic) bond motifs is 1. The summed E-state index contributed by atoms with van der Waals surface area (Å²) in [6.07, 6.45) is 0.913. The maximum atomic E-state index is 12.7. The lowest BCUT2D eigenvalue weighted by Gasteiger charge is -2.41. The van der Waals surface area contributed by atoms with Crippen LogP contribution in [-0.4, -0.2) is 44.1 Å². The van der Waals surface area contributed by atoms with Gasteiger partial charge in [-0.1, -0.05) is 12.1 Å². The molecule has 0 radical (unpaired) electrons. The first-order valence-corrected chi connectivity index (χ1v) is 8.82. The van der Waals surface area contributed by atoms with Gasteiger partial charge in [-0.25, -0.2) is 4.79 Å². The monoisotopic (exact) mass is 367 g/mol. The van der Waals surface area contributed by atoms with Gasteiger partial charge < -0.3 is 24.6 Å². The summed E-state index contributed by atoms with van der Waals surface area (Å²) in [4.78, 5) is 27.9. The van der Waals surface area contributed by atoms with E-state index in [0.717, 1.165) is 17.7 Å². The highest BCUT2D eigenvalue weighted by molar-refractivity contribution is 5.99. The van der Waals surface area contributed by atoms with Crippen molar-refractivity contribution in [3.8, 4) is 11.5 Å². The van der Waals surface area contributed by atoms with Gasteiger partial charge in [0.2, 0.25) is 0 Å². The third-order valence-electron chi connectivity index (χ3n) is 5.06. The average Bonchev–Trinajstić information content (AvgIpc) is 2.64. The number of benzene rings is 2. The third kappa shape index (κ3) is 3.16. The number of rotatable bonds is 3. The Balaban J connectivity index is 1.49. The van der Waals surface area contributed by atoms with Crippen LogP contribution in [0.5, 0.6) is 11.5 Å². The van der Waals surface area contributed by atoms with Crippen molar-refractivity contribution in [3.63, 3.8) is 0 Å². The molecule has 1 fully saturated rings. The summed E-state index contributed by atoms with van der Waals surface area (Å²) in [5.41, 5.74) is 2.33. The van der Waals surface area contributed by atoms with Crippen molar-refractivity contribution in [2.45, 2.75) is 12.5 Å². The fraction of sp³-hybridized carbons (Fsp3) is 0.300. The number of nitrogens with zero attached hydrogens (tertiary/aromatic N) is 2. The molecular weight excluding hydrogens is 346 g/mol. The molecule has 0 bridgehead atoms. The number of likely N-dealkylation sites (tertiary alicyclic amines) is 1. The molecule has 0 saturated carbocycles. The number of urea groups is 1. The van der Waals surface area contributed by atoms with E-state index in [1.807, 2.05) is 24.3 Å². The lowest BCUT2D eigenvalue weighted by atomic mass is 9.95. The summed E-state index contributed by atoms with van der Waals surface area (Å²) in [6.45, 7) is 0.728. The predicted molar refractivity (Wildman–Crippen MR) is 101 cm³/mol. The number of anilines is 2. The Morgan fingerprint density at radius 1 is 1.26 bits per heavy atom. The molecule has 1 atom stereocenters. The summed E-state index contributed by atoms with van der Waals surface area (Å²) in [5, 5.41) is 2.92. The van der Waals surface area contributed by atoms with E-state index in [-0.39, 0.29) is 24.6 Å². The van der Waals surface area contributed by atoms with Crippen LogP contribution in [0.3, 0.4) is 0 Å². The van der Waals surface area contributed by atoms with Crippen LogP contribution in [0, 0.1) is 0 Å². The summed E-state index contributed by atoms with van der Waals surface area (Å²) in [5.74, 6) is 1.29. The Hall–Kier alpha value is -3.22. The van der Waals surface area contributed by atoms with Crippen LogP contribution in [0.25, 0.3) is 0 Å². The van der Waals surface area contributed by atoms with Crippen LogP contribution in [0.15, 0.2) is 42.5 Å². The minimum Gasteiger partial charge on any atom is -0.497 e. The highest BCUT2D eigenvalue weighted by Crippen LogP contribution is 2.36. The van der Waals surface area contributed by atoms with Crippen molar-refractivity contribution >= 4 is 23.3 Å². The fourth-order valence-electron chi connectivity index (χ4n) is 3.37. The van der Waals surface area contributed by atoms with Crippen molar-refractivity contribution in [2.24, 2.45) is 0 Å². The van der Waals surface area contributed by atoms with Gasteiger partial charge in [0.15, 0.2) is 6.61 Å². The Morgan fingerprint density at radius 2 is 2.11 bits per heavy atom. The first-order valence-electron chi connectivity index (χ1n) is 8.82. The van der Waals surface area contributed by atoms with Gasteiger partial charge >= 0.3 is 6.03 Å². The van der Waals surface area contributed by atoms with Crippen molar-refractivity contribution < 1.29 is 19.1 Å². The molecular formula is C20H21N3O4. The standard InChI is InChI=1S/C20H21N3O4/c1-22-17-11-14(6-7-18(17)27-12-19(22)24)21-20(25)23-9-8-16(23)13-4-3-5-15(10-13)26-2/h3-7,10-11,16H,8-9,12H2,1-2H3,(H,21,25)/t16-/m0/s1. The molecule has 0 spiro atoms. The SMILES string of the molecule is COc1cccc([C@@H]2CCN2C(=O)Nc2ccc3c(c2)N(C)C(=O)CO3)c1. The number of methoxy groups -OCH3 is 1. The molecule has 0 aliphatic carbocycles. The summed E-state index contributed by atoms with van der Waals surface area (Å²) >= 11 is 0. The second-order valence-corrected chi connectivity index (χ2v) is 6.63. The molecule has 140 valence electrons. The van der Waals surface area contributed by atoms with Crippen molar-refractivity contribution in [3.05, 3.63) is 48.0 Å². The Bertz CT molecular complexity index is 899. The number of carbonyl (C=O) groups excluding carboxylic acids is 2. The first kappa shape index (κ1) is 17.2. The molecule has 0 unspecified atom stereocenters. The average molecular weight is 367 g/mol. The second-order valence-electron chi connectivity index (χ2n) is 6.63. The van der Waals surface area contributed by atoms with E-state index in [9.17, 15) is 9.59 Å². The third-order valence-corrected chi connectivity index (χ3v) is 5.06. The Labute approximate surface area is 157 Å². The minimum atomic E-state index is -0.167. The van der Waals surface area contributed by atoms with Crippen molar-refractivity contribution in [2.75, 3.05) is 37.5 Å². The molecule has 2 aromatic rings. The number of amides is 3. The fourth-order valence-corrected chi connectivity index (χ4v) is 3.37. The number of hydrogen-bond acceptors (Lipinski definition) is 4. The number of hydrogen-bond donors (Lipinski definition) is 1. The smallest absolute Gasteiger partial charge is 0.322 e. The number of ether oxygens (including phenoxy) is 2. The molecule has 27 heavy (non-hydrogen) atoms. The van der Waals surface area contributed by atoms with E-state index in [0.29, 0.717) is 23.7 Å². The van der Waals surface area contributed by atoms with Gasteiger partial charge in [0.05, 0.1) is 18.8 Å². The highest BCUT2D eigenvalue weighted by Gasteiger charge is 2.34. The molecule has 2 aliphatic rings. The molecule has 2 heterocycles. The molecule has 1 saturated heterocycles. The zero-order chi connectivity index (χ0) is 19.0. The van der Waals surface area contributed by atoms with Gasteiger partial charge in [-0.05, 0) is 42.3 Å². The number of carbonyl (C=O) groups is 2. The van der Waals surface area contributed by atoms with E-state index in [4.69, 9.17) is 9.47 Å². The summed E-state index contributed by atoms with van der Waals surface area (Å²) < 4.78 is 10.7. The molecule has 2 aliphatic heterocycles. The first-order chi connectivity index (χ1) is 13.1. The van der Waals surface area contributed by atoms with Gasteiger partial charge in [-0.15, -0.1) is 0 Å². The maximum absolute atomic E-state index is 12.7. The minimum absolute atomic E-state index is 0.0327. The molecule has 7 nitrogen and oxygen atoms in total. The normalized spacial score (nSPS) is 18.3.